The summed E-state index contributed by atoms with van der Waals surface area (Å²) in [6, 6.07) is 0.748. The quantitative estimate of drug-likeness (QED) is 0.174. The van der Waals surface area contributed by atoms with Gasteiger partial charge in [0.05, 0.1) is 12.5 Å². The minimum Gasteiger partial charge on any atom is -0.508 e. The summed E-state index contributed by atoms with van der Waals surface area (Å²) in [5.41, 5.74) is 11.4. The molecule has 1 heterocycles. The minimum absolute atomic E-state index is 0.0109. The number of carbonyl (C=O) groups excluding carboxylic acids is 4. The van der Waals surface area contributed by atoms with Crippen LogP contribution in [-0.4, -0.2) is 86.6 Å². The largest absolute Gasteiger partial charge is 0.508 e. The summed E-state index contributed by atoms with van der Waals surface area (Å²) in [5.74, 6) is -4.48. The minimum atomic E-state index is -1.41. The Balaban J connectivity index is 2.14. The number of aromatic hydroxyl groups is 1. The molecule has 0 saturated carbocycles. The molecule has 4 amide bonds. The van der Waals surface area contributed by atoms with E-state index in [0.29, 0.717) is 12.0 Å². The number of phenols is 1. The lowest BCUT2D eigenvalue weighted by Crippen LogP contribution is -2.58. The second kappa shape index (κ2) is 12.1. The van der Waals surface area contributed by atoms with Crippen molar-refractivity contribution in [3.05, 3.63) is 29.8 Å². The van der Waals surface area contributed by atoms with Crippen LogP contribution in [0.2, 0.25) is 0 Å². The topological polar surface area (TPSA) is 225 Å². The molecule has 1 aliphatic heterocycles. The Hall–Kier alpha value is -3.71. The Morgan fingerprint density at radius 2 is 1.74 bits per heavy atom. The maximum absolute atomic E-state index is 13.1. The zero-order valence-corrected chi connectivity index (χ0v) is 19.2. The Morgan fingerprint density at radius 3 is 2.29 bits per heavy atom. The van der Waals surface area contributed by atoms with Crippen molar-refractivity contribution in [2.45, 2.75) is 62.9 Å². The molecule has 1 fully saturated rings. The van der Waals surface area contributed by atoms with Gasteiger partial charge in [0.25, 0.3) is 0 Å². The number of likely N-dealkylation sites (tertiary alicyclic amines) is 1. The monoisotopic (exact) mass is 493 g/mol. The number of carbonyl (C=O) groups is 5. The molecule has 5 unspecified atom stereocenters. The van der Waals surface area contributed by atoms with E-state index in [0.717, 1.165) is 4.90 Å². The molecule has 1 aliphatic rings. The van der Waals surface area contributed by atoms with Crippen LogP contribution in [0, 0.1) is 0 Å². The fraction of sp³-hybridized carbons (Fsp3) is 0.500. The van der Waals surface area contributed by atoms with E-state index in [1.165, 1.54) is 31.2 Å². The third-order valence-corrected chi connectivity index (χ3v) is 5.67. The van der Waals surface area contributed by atoms with Crippen LogP contribution in [0.25, 0.3) is 0 Å². The Labute approximate surface area is 201 Å². The van der Waals surface area contributed by atoms with Crippen molar-refractivity contribution in [1.82, 2.24) is 15.5 Å². The van der Waals surface area contributed by atoms with E-state index in [2.05, 4.69) is 10.6 Å². The Morgan fingerprint density at radius 1 is 1.11 bits per heavy atom. The molecule has 13 nitrogen and oxygen atoms in total. The standard InChI is InChI=1S/C22H31N5O8/c1-11(28)18(24)20(32)25-14(10-17(23)30)21(33)27-8-2-3-16(27)19(31)26-15(22(34)35)9-12-4-6-13(29)7-5-12/h4-7,11,14-16,18,28-29H,2-3,8-10,24H2,1H3,(H2,23,30)(H,25,32)(H,26,31)(H,34,35). The number of hydrogen-bond donors (Lipinski definition) is 7. The first kappa shape index (κ1) is 27.5. The van der Waals surface area contributed by atoms with Gasteiger partial charge in [-0.05, 0) is 37.5 Å². The number of rotatable bonds is 11. The summed E-state index contributed by atoms with van der Waals surface area (Å²) in [5, 5.41) is 33.2. The van der Waals surface area contributed by atoms with Crippen molar-refractivity contribution in [3.63, 3.8) is 0 Å². The summed E-state index contributed by atoms with van der Waals surface area (Å²) in [4.78, 5) is 62.7. The third kappa shape index (κ3) is 7.65. The molecule has 1 saturated heterocycles. The number of amides is 4. The van der Waals surface area contributed by atoms with E-state index in [1.807, 2.05) is 0 Å². The molecule has 0 bridgehead atoms. The van der Waals surface area contributed by atoms with Crippen molar-refractivity contribution in [1.29, 1.82) is 0 Å². The van der Waals surface area contributed by atoms with Crippen LogP contribution in [-0.2, 0) is 30.4 Å². The lowest BCUT2D eigenvalue weighted by Gasteiger charge is -2.29. The summed E-state index contributed by atoms with van der Waals surface area (Å²) < 4.78 is 0. The van der Waals surface area contributed by atoms with Gasteiger partial charge in [-0.25, -0.2) is 4.79 Å². The number of nitrogens with zero attached hydrogens (tertiary/aromatic N) is 1. The van der Waals surface area contributed by atoms with E-state index in [9.17, 15) is 39.3 Å². The van der Waals surface area contributed by atoms with Crippen molar-refractivity contribution in [2.24, 2.45) is 11.5 Å². The second-order valence-electron chi connectivity index (χ2n) is 8.46. The summed E-state index contributed by atoms with van der Waals surface area (Å²) >= 11 is 0. The molecule has 0 aromatic heterocycles. The third-order valence-electron chi connectivity index (χ3n) is 5.67. The predicted molar refractivity (Wildman–Crippen MR) is 122 cm³/mol. The van der Waals surface area contributed by atoms with Gasteiger partial charge in [-0.3, -0.25) is 19.2 Å². The molecule has 192 valence electrons. The molecule has 13 heteroatoms. The van der Waals surface area contributed by atoms with Gasteiger partial charge < -0.3 is 42.3 Å². The first-order chi connectivity index (χ1) is 16.4. The highest BCUT2D eigenvalue weighted by atomic mass is 16.4. The maximum Gasteiger partial charge on any atom is 0.326 e. The van der Waals surface area contributed by atoms with Gasteiger partial charge in [0.2, 0.25) is 23.6 Å². The van der Waals surface area contributed by atoms with Gasteiger partial charge in [0.1, 0.15) is 29.9 Å². The van der Waals surface area contributed by atoms with Crippen LogP contribution in [0.3, 0.4) is 0 Å². The maximum atomic E-state index is 13.1. The highest BCUT2D eigenvalue weighted by molar-refractivity contribution is 5.96. The molecule has 0 radical (unpaired) electrons. The molecular weight excluding hydrogens is 462 g/mol. The van der Waals surface area contributed by atoms with E-state index >= 15 is 0 Å². The number of carboxylic acids is 1. The highest BCUT2D eigenvalue weighted by Crippen LogP contribution is 2.20. The molecule has 35 heavy (non-hydrogen) atoms. The van der Waals surface area contributed by atoms with Gasteiger partial charge in [-0.1, -0.05) is 12.1 Å². The van der Waals surface area contributed by atoms with Crippen LogP contribution in [0.15, 0.2) is 24.3 Å². The number of hydrogen-bond acceptors (Lipinski definition) is 8. The normalized spacial score (nSPS) is 18.7. The number of primary amides is 1. The molecule has 5 atom stereocenters. The van der Waals surface area contributed by atoms with Gasteiger partial charge >= 0.3 is 5.97 Å². The Kier molecular flexibility index (Phi) is 9.54. The highest BCUT2D eigenvalue weighted by Gasteiger charge is 2.39. The van der Waals surface area contributed by atoms with Gasteiger partial charge in [0, 0.05) is 13.0 Å². The SMILES string of the molecule is CC(O)C(N)C(=O)NC(CC(N)=O)C(=O)N1CCCC1C(=O)NC(Cc1ccc(O)cc1)C(=O)O. The lowest BCUT2D eigenvalue weighted by molar-refractivity contribution is -0.145. The van der Waals surface area contributed by atoms with E-state index in [4.69, 9.17) is 11.5 Å². The van der Waals surface area contributed by atoms with E-state index < -0.39 is 66.3 Å². The van der Waals surface area contributed by atoms with Gasteiger partial charge in [-0.2, -0.15) is 0 Å². The molecule has 0 spiro atoms. The number of carboxylic acid groups (broad SMARTS) is 1. The number of aliphatic hydroxyl groups is 1. The summed E-state index contributed by atoms with van der Waals surface area (Å²) in [6.07, 6.45) is -1.15. The summed E-state index contributed by atoms with van der Waals surface area (Å²) in [7, 11) is 0. The smallest absolute Gasteiger partial charge is 0.326 e. The van der Waals surface area contributed by atoms with E-state index in [1.54, 1.807) is 0 Å². The number of benzene rings is 1. The average molecular weight is 494 g/mol. The van der Waals surface area contributed by atoms with Gasteiger partial charge in [-0.15, -0.1) is 0 Å². The zero-order chi connectivity index (χ0) is 26.3. The number of nitrogens with one attached hydrogen (secondary N) is 2. The van der Waals surface area contributed by atoms with Crippen LogP contribution >= 0.6 is 0 Å². The van der Waals surface area contributed by atoms with Crippen molar-refractivity contribution in [2.75, 3.05) is 6.54 Å². The van der Waals surface area contributed by atoms with Gasteiger partial charge in [0.15, 0.2) is 0 Å². The fourth-order valence-corrected chi connectivity index (χ4v) is 3.73. The molecule has 1 aromatic carbocycles. The zero-order valence-electron chi connectivity index (χ0n) is 19.2. The lowest BCUT2D eigenvalue weighted by atomic mass is 10.0. The molecule has 0 aliphatic carbocycles. The second-order valence-corrected chi connectivity index (χ2v) is 8.46. The van der Waals surface area contributed by atoms with Crippen LogP contribution in [0.5, 0.6) is 5.75 Å². The first-order valence-corrected chi connectivity index (χ1v) is 11.0. The van der Waals surface area contributed by atoms with Crippen molar-refractivity contribution >= 4 is 29.6 Å². The van der Waals surface area contributed by atoms with Crippen LogP contribution in [0.4, 0.5) is 0 Å². The molecular formula is C22H31N5O8. The fourth-order valence-electron chi connectivity index (χ4n) is 3.73. The predicted octanol–water partition coefficient (Wildman–Crippen LogP) is -2.44. The number of phenolic OH excluding ortho intramolecular Hbond substituents is 1. The van der Waals surface area contributed by atoms with Crippen molar-refractivity contribution in [3.8, 4) is 5.75 Å². The van der Waals surface area contributed by atoms with Crippen molar-refractivity contribution < 1.29 is 39.3 Å². The average Bonchev–Trinajstić information content (AvgIpc) is 3.28. The van der Waals surface area contributed by atoms with Crippen LogP contribution < -0.4 is 22.1 Å². The number of nitrogens with two attached hydrogens (primary N) is 2. The number of aliphatic hydroxyl groups excluding tert-OH is 1. The Bertz CT molecular complexity index is 952. The molecule has 1 aromatic rings. The number of aliphatic carboxylic acids is 1. The van der Waals surface area contributed by atoms with E-state index in [-0.39, 0.29) is 25.1 Å². The summed E-state index contributed by atoms with van der Waals surface area (Å²) in [6.45, 7) is 1.42. The molecule has 2 rings (SSSR count). The van der Waals surface area contributed by atoms with Crippen LogP contribution in [0.1, 0.15) is 31.7 Å². The molecule has 9 N–H and O–H groups in total. The first-order valence-electron chi connectivity index (χ1n) is 11.0.